The third-order valence-electron chi connectivity index (χ3n) is 4.83. The summed E-state index contributed by atoms with van der Waals surface area (Å²) in [5.41, 5.74) is 9.06. The molecule has 29 heavy (non-hydrogen) atoms. The van der Waals surface area contributed by atoms with Crippen LogP contribution in [0.2, 0.25) is 0 Å². The molecular weight excluding hydrogens is 384 g/mol. The Hall–Kier alpha value is -3.76. The Bertz CT molecular complexity index is 953. The molecule has 0 radical (unpaired) electrons. The molecule has 0 aliphatic rings. The van der Waals surface area contributed by atoms with Crippen molar-refractivity contribution >= 4 is 23.9 Å². The van der Waals surface area contributed by atoms with Crippen LogP contribution in [0.5, 0.6) is 0 Å². The Morgan fingerprint density at radius 1 is 0.690 bits per heavy atom. The molecule has 2 aromatic carbocycles. The number of hydrogen-bond acceptors (Lipinski definition) is 6. The molecule has 152 valence electrons. The van der Waals surface area contributed by atoms with E-state index in [1.54, 1.807) is 0 Å². The molecule has 0 unspecified atom stereocenters. The first kappa shape index (κ1) is 21.5. The normalized spacial score (nSPS) is 11.3. The molecule has 2 rings (SSSR count). The van der Waals surface area contributed by atoms with Gasteiger partial charge in [-0.1, -0.05) is 12.1 Å². The van der Waals surface area contributed by atoms with Gasteiger partial charge in [-0.2, -0.15) is 0 Å². The minimum absolute atomic E-state index is 0.217. The molecule has 0 saturated carbocycles. The zero-order valence-electron chi connectivity index (χ0n) is 15.1. The van der Waals surface area contributed by atoms with Gasteiger partial charge in [0.25, 0.3) is 0 Å². The van der Waals surface area contributed by atoms with E-state index in [4.69, 9.17) is 11.5 Å². The number of benzene rings is 2. The smallest absolute Gasteiger partial charge is 0.336 e. The van der Waals surface area contributed by atoms with Gasteiger partial charge in [-0.3, -0.25) is 0 Å². The largest absolute Gasteiger partial charge is 0.478 e. The highest BCUT2D eigenvalue weighted by atomic mass is 16.4. The highest BCUT2D eigenvalue weighted by molar-refractivity contribution is 6.02. The van der Waals surface area contributed by atoms with E-state index in [0.29, 0.717) is 0 Å². The molecule has 0 amide bonds. The van der Waals surface area contributed by atoms with Crippen LogP contribution in [-0.4, -0.2) is 50.5 Å². The highest BCUT2D eigenvalue weighted by Gasteiger charge is 2.36. The molecule has 0 aromatic heterocycles. The Morgan fingerprint density at radius 2 is 1.00 bits per heavy atom. The summed E-state index contributed by atoms with van der Waals surface area (Å²) in [5.74, 6) is -5.84. The monoisotopic (exact) mass is 402 g/mol. The van der Waals surface area contributed by atoms with Crippen LogP contribution in [0.3, 0.4) is 0 Å². The van der Waals surface area contributed by atoms with Gasteiger partial charge in [0.15, 0.2) is 0 Å². The Morgan fingerprint density at radius 3 is 1.24 bits per heavy atom. The van der Waals surface area contributed by atoms with Gasteiger partial charge in [0.1, 0.15) is 0 Å². The third kappa shape index (κ3) is 3.79. The van der Waals surface area contributed by atoms with Crippen LogP contribution in [-0.2, 0) is 5.41 Å². The summed E-state index contributed by atoms with van der Waals surface area (Å²) >= 11 is 0. The van der Waals surface area contributed by atoms with Crippen LogP contribution >= 0.6 is 0 Å². The second-order valence-corrected chi connectivity index (χ2v) is 6.47. The van der Waals surface area contributed by atoms with Gasteiger partial charge in [0.2, 0.25) is 0 Å². The van der Waals surface area contributed by atoms with Crippen LogP contribution < -0.4 is 11.5 Å². The van der Waals surface area contributed by atoms with Crippen LogP contribution in [0.1, 0.15) is 59.5 Å². The van der Waals surface area contributed by atoms with Crippen molar-refractivity contribution in [3.8, 4) is 0 Å². The standard InChI is InChI=1S/C19H18N2O8/c1-19(18(20)21,8-2-4-10(14(22)23)12(6-8)16(26)27)9-3-5-11(15(24)25)13(7-9)17(28)29/h2-7,18H,20-21H2,1H3,(H,22,23)(H,24,25)(H,26,27)(H,28,29). The van der Waals surface area contributed by atoms with Crippen molar-refractivity contribution in [3.63, 3.8) is 0 Å². The maximum atomic E-state index is 11.5. The van der Waals surface area contributed by atoms with Crippen LogP contribution in [0.4, 0.5) is 0 Å². The fraction of sp³-hybridized carbons (Fsp3) is 0.158. The van der Waals surface area contributed by atoms with Gasteiger partial charge in [-0.05, 0) is 42.3 Å². The maximum Gasteiger partial charge on any atom is 0.336 e. The first-order valence-electron chi connectivity index (χ1n) is 8.14. The quantitative estimate of drug-likeness (QED) is 0.363. The van der Waals surface area contributed by atoms with Gasteiger partial charge < -0.3 is 31.9 Å². The molecule has 0 spiro atoms. The molecule has 2 aromatic rings. The molecule has 0 aliphatic heterocycles. The van der Waals surface area contributed by atoms with Crippen molar-refractivity contribution in [3.05, 3.63) is 69.8 Å². The van der Waals surface area contributed by atoms with Crippen molar-refractivity contribution in [1.29, 1.82) is 0 Å². The lowest BCUT2D eigenvalue weighted by Gasteiger charge is -2.35. The number of nitrogens with two attached hydrogens (primary N) is 2. The van der Waals surface area contributed by atoms with E-state index in [2.05, 4.69) is 0 Å². The summed E-state index contributed by atoms with van der Waals surface area (Å²) in [6, 6.07) is 7.04. The van der Waals surface area contributed by atoms with E-state index < -0.39 is 57.7 Å². The fourth-order valence-electron chi connectivity index (χ4n) is 3.01. The van der Waals surface area contributed by atoms with Crippen molar-refractivity contribution in [2.45, 2.75) is 18.5 Å². The van der Waals surface area contributed by atoms with E-state index in [1.807, 2.05) is 0 Å². The molecule has 0 bridgehead atoms. The van der Waals surface area contributed by atoms with Crippen LogP contribution in [0, 0.1) is 0 Å². The molecule has 0 atom stereocenters. The third-order valence-corrected chi connectivity index (χ3v) is 4.83. The number of hydrogen-bond donors (Lipinski definition) is 6. The van der Waals surface area contributed by atoms with E-state index in [1.165, 1.54) is 19.1 Å². The van der Waals surface area contributed by atoms with E-state index in [0.717, 1.165) is 24.3 Å². The minimum atomic E-state index is -1.48. The molecular formula is C19H18N2O8. The Balaban J connectivity index is 2.79. The molecule has 0 heterocycles. The molecule has 0 aliphatic carbocycles. The topological polar surface area (TPSA) is 201 Å². The van der Waals surface area contributed by atoms with Crippen molar-refractivity contribution in [1.82, 2.24) is 0 Å². The lowest BCUT2D eigenvalue weighted by atomic mass is 9.72. The summed E-state index contributed by atoms with van der Waals surface area (Å²) in [5, 5.41) is 37.1. The average Bonchev–Trinajstić information content (AvgIpc) is 2.65. The van der Waals surface area contributed by atoms with Crippen LogP contribution in [0.25, 0.3) is 0 Å². The second-order valence-electron chi connectivity index (χ2n) is 6.47. The lowest BCUT2D eigenvalue weighted by Crippen LogP contribution is -2.50. The predicted octanol–water partition coefficient (Wildman–Crippen LogP) is 1.03. The number of aromatic carboxylic acids is 4. The summed E-state index contributed by atoms with van der Waals surface area (Å²) in [6.07, 6.45) is -1.17. The first-order valence-corrected chi connectivity index (χ1v) is 8.14. The number of carbonyl (C=O) groups is 4. The highest BCUT2D eigenvalue weighted by Crippen LogP contribution is 2.35. The van der Waals surface area contributed by atoms with Gasteiger partial charge >= 0.3 is 23.9 Å². The summed E-state index contributed by atoms with van der Waals surface area (Å²) in [7, 11) is 0. The van der Waals surface area contributed by atoms with Crippen molar-refractivity contribution < 1.29 is 39.6 Å². The molecule has 10 nitrogen and oxygen atoms in total. The number of carboxylic acid groups (broad SMARTS) is 4. The predicted molar refractivity (Wildman–Crippen MR) is 99.3 cm³/mol. The zero-order chi connectivity index (χ0) is 22.1. The second kappa shape index (κ2) is 7.70. The minimum Gasteiger partial charge on any atom is -0.478 e. The van der Waals surface area contributed by atoms with Gasteiger partial charge in [0, 0.05) is 5.41 Å². The van der Waals surface area contributed by atoms with Crippen molar-refractivity contribution in [2.24, 2.45) is 11.5 Å². The molecule has 8 N–H and O–H groups in total. The Labute approximate surface area is 164 Å². The first-order chi connectivity index (χ1) is 13.4. The van der Waals surface area contributed by atoms with Gasteiger partial charge in [-0.15, -0.1) is 0 Å². The van der Waals surface area contributed by atoms with Gasteiger partial charge in [0.05, 0.1) is 28.4 Å². The van der Waals surface area contributed by atoms with Crippen LogP contribution in [0.15, 0.2) is 36.4 Å². The van der Waals surface area contributed by atoms with E-state index >= 15 is 0 Å². The summed E-state index contributed by atoms with van der Waals surface area (Å²) in [4.78, 5) is 45.6. The molecule has 10 heteroatoms. The Kier molecular flexibility index (Phi) is 5.72. The lowest BCUT2D eigenvalue weighted by molar-refractivity contribution is 0.0651. The SMILES string of the molecule is CC(c1ccc(C(=O)O)c(C(=O)O)c1)(c1ccc(C(=O)O)c(C(=O)O)c1)C(N)N. The maximum absolute atomic E-state index is 11.5. The number of rotatable bonds is 7. The average molecular weight is 402 g/mol. The van der Waals surface area contributed by atoms with Gasteiger partial charge in [-0.25, -0.2) is 19.2 Å². The van der Waals surface area contributed by atoms with E-state index in [9.17, 15) is 39.6 Å². The molecule has 0 fully saturated rings. The zero-order valence-corrected chi connectivity index (χ0v) is 15.1. The molecule has 0 saturated heterocycles. The van der Waals surface area contributed by atoms with E-state index in [-0.39, 0.29) is 11.1 Å². The van der Waals surface area contributed by atoms with Crippen molar-refractivity contribution in [2.75, 3.05) is 0 Å². The summed E-state index contributed by atoms with van der Waals surface area (Å²) < 4.78 is 0. The number of carboxylic acids is 4. The fourth-order valence-corrected chi connectivity index (χ4v) is 3.01. The summed E-state index contributed by atoms with van der Waals surface area (Å²) in [6.45, 7) is 1.51.